The Balaban J connectivity index is 1.62. The highest BCUT2D eigenvalue weighted by atomic mass is 32.2. The molecule has 0 unspecified atom stereocenters. The summed E-state index contributed by atoms with van der Waals surface area (Å²) in [6.45, 7) is 5.47. The molecule has 0 radical (unpaired) electrons. The summed E-state index contributed by atoms with van der Waals surface area (Å²) in [4.78, 5) is 28.5. The molecule has 1 heterocycles. The van der Waals surface area contributed by atoms with Crippen molar-refractivity contribution in [1.29, 1.82) is 0 Å². The van der Waals surface area contributed by atoms with E-state index < -0.39 is 51.7 Å². The van der Waals surface area contributed by atoms with Crippen LogP contribution in [0.15, 0.2) is 71.6 Å². The number of urea groups is 1. The van der Waals surface area contributed by atoms with Gasteiger partial charge in [0.1, 0.15) is 17.4 Å². The number of carbonyl (C=O) groups excluding carboxylic acids is 2. The number of nitrogens with one attached hydrogen (secondary N) is 2. The largest absolute Gasteiger partial charge is 0.490 e. The summed E-state index contributed by atoms with van der Waals surface area (Å²) in [5.41, 5.74) is 0.822. The van der Waals surface area contributed by atoms with Crippen LogP contribution in [0.2, 0.25) is 0 Å². The van der Waals surface area contributed by atoms with Gasteiger partial charge >= 0.3 is 6.03 Å². The van der Waals surface area contributed by atoms with Gasteiger partial charge in [-0.1, -0.05) is 6.92 Å². The van der Waals surface area contributed by atoms with Crippen molar-refractivity contribution in [2.45, 2.75) is 63.2 Å². The third-order valence-electron chi connectivity index (χ3n) is 8.37. The molecule has 4 rings (SSSR count). The number of carbonyl (C=O) groups is 2. The highest BCUT2D eigenvalue weighted by Crippen LogP contribution is 2.29. The van der Waals surface area contributed by atoms with E-state index in [9.17, 15) is 31.9 Å². The van der Waals surface area contributed by atoms with Crippen LogP contribution in [-0.4, -0.2) is 86.3 Å². The lowest BCUT2D eigenvalue weighted by Gasteiger charge is -2.35. The lowest BCUT2D eigenvalue weighted by molar-refractivity contribution is -0.00834. The fourth-order valence-electron chi connectivity index (χ4n) is 5.43. The van der Waals surface area contributed by atoms with Crippen LogP contribution in [0.3, 0.4) is 0 Å². The molecule has 0 saturated heterocycles. The van der Waals surface area contributed by atoms with Crippen molar-refractivity contribution in [1.82, 2.24) is 9.21 Å². The molecular formula is C35H44F2N4O7S. The molecule has 3 amide bonds. The van der Waals surface area contributed by atoms with E-state index >= 15 is 0 Å². The zero-order valence-electron chi connectivity index (χ0n) is 28.1. The molecule has 3 aromatic rings. The summed E-state index contributed by atoms with van der Waals surface area (Å²) in [7, 11) is -2.55. The zero-order valence-corrected chi connectivity index (χ0v) is 28.9. The minimum Gasteiger partial charge on any atom is -0.490 e. The second-order valence-corrected chi connectivity index (χ2v) is 14.4. The van der Waals surface area contributed by atoms with Crippen molar-refractivity contribution in [2.75, 3.05) is 44.0 Å². The molecule has 11 nitrogen and oxygen atoms in total. The van der Waals surface area contributed by atoms with E-state index in [-0.39, 0.29) is 36.3 Å². The first-order valence-electron chi connectivity index (χ1n) is 16.2. The van der Waals surface area contributed by atoms with Gasteiger partial charge in [0.15, 0.2) is 0 Å². The van der Waals surface area contributed by atoms with E-state index in [1.165, 1.54) is 54.4 Å². The standard InChI is InChI=1S/C35H44F2N4O7S/c1-23-20-41(24(2)22-42)34(43)31-19-29(39-35(44)38-28-12-8-26(36)9-13-28)14-17-32(31)48-25(3)7-5-6-18-47-33(23)21-40(4)49(45,46)30-15-10-27(37)11-16-30/h8-17,19,23-25,33,42H,5-7,18,20-22H2,1-4H3,(H2,38,39,44)/t23-,24+,25-,33+/m0/s1. The molecule has 0 fully saturated rings. The fourth-order valence-corrected chi connectivity index (χ4v) is 6.61. The third kappa shape index (κ3) is 10.2. The number of likely N-dealkylation sites (N-methyl/N-ethyl adjacent to an activating group) is 1. The van der Waals surface area contributed by atoms with Gasteiger partial charge in [-0.3, -0.25) is 4.79 Å². The predicted molar refractivity (Wildman–Crippen MR) is 182 cm³/mol. The normalized spacial score (nSPS) is 20.1. The first kappa shape index (κ1) is 37.7. The number of hydrogen-bond donors (Lipinski definition) is 3. The molecule has 0 saturated carbocycles. The van der Waals surface area contributed by atoms with E-state index in [2.05, 4.69) is 10.6 Å². The van der Waals surface area contributed by atoms with Crippen molar-refractivity contribution >= 4 is 33.3 Å². The first-order valence-corrected chi connectivity index (χ1v) is 17.6. The van der Waals surface area contributed by atoms with Gasteiger partial charge in [0.25, 0.3) is 5.91 Å². The van der Waals surface area contributed by atoms with Crippen LogP contribution in [0.25, 0.3) is 0 Å². The Morgan fingerprint density at radius 1 is 1.00 bits per heavy atom. The molecule has 49 heavy (non-hydrogen) atoms. The smallest absolute Gasteiger partial charge is 0.323 e. The van der Waals surface area contributed by atoms with Gasteiger partial charge in [0.05, 0.1) is 35.3 Å². The maximum atomic E-state index is 14.3. The van der Waals surface area contributed by atoms with E-state index in [0.29, 0.717) is 36.6 Å². The van der Waals surface area contributed by atoms with Crippen molar-refractivity contribution in [3.05, 3.63) is 83.9 Å². The molecule has 0 spiro atoms. The number of sulfonamides is 1. The van der Waals surface area contributed by atoms with Crippen LogP contribution in [0.1, 0.15) is 50.4 Å². The maximum absolute atomic E-state index is 14.3. The number of aliphatic hydroxyl groups is 1. The second-order valence-electron chi connectivity index (χ2n) is 12.3. The lowest BCUT2D eigenvalue weighted by atomic mass is 10.0. The molecule has 1 aliphatic rings. The molecule has 1 aliphatic heterocycles. The topological polar surface area (TPSA) is 138 Å². The minimum atomic E-state index is -3.98. The zero-order chi connectivity index (χ0) is 35.7. The molecule has 3 N–H and O–H groups in total. The number of aliphatic hydroxyl groups excluding tert-OH is 1. The van der Waals surface area contributed by atoms with Gasteiger partial charge in [-0.2, -0.15) is 4.31 Å². The molecule has 0 aromatic heterocycles. The SMILES string of the molecule is C[C@H](CO)N1C[C@H](C)[C@@H](CN(C)S(=O)(=O)c2ccc(F)cc2)OCCCC[C@H](C)Oc2ccc(NC(=O)Nc3ccc(F)cc3)cc2C1=O. The summed E-state index contributed by atoms with van der Waals surface area (Å²) in [6.07, 6.45) is 1.15. The van der Waals surface area contributed by atoms with Gasteiger partial charge in [0.2, 0.25) is 10.0 Å². The Morgan fingerprint density at radius 3 is 2.27 bits per heavy atom. The minimum absolute atomic E-state index is 0.0379. The van der Waals surface area contributed by atoms with Crippen molar-refractivity contribution in [2.24, 2.45) is 5.92 Å². The Labute approximate surface area is 286 Å². The molecule has 3 aromatic carbocycles. The Bertz CT molecular complexity index is 1680. The van der Waals surface area contributed by atoms with Gasteiger partial charge in [0, 0.05) is 44.0 Å². The number of anilines is 2. The predicted octanol–water partition coefficient (Wildman–Crippen LogP) is 5.73. The number of hydrogen-bond acceptors (Lipinski definition) is 7. The highest BCUT2D eigenvalue weighted by Gasteiger charge is 2.32. The monoisotopic (exact) mass is 702 g/mol. The van der Waals surface area contributed by atoms with E-state index in [1.54, 1.807) is 19.1 Å². The van der Waals surface area contributed by atoms with Crippen LogP contribution in [0.5, 0.6) is 5.75 Å². The van der Waals surface area contributed by atoms with E-state index in [0.717, 1.165) is 22.9 Å². The molecule has 266 valence electrons. The molecule has 0 aliphatic carbocycles. The average Bonchev–Trinajstić information content (AvgIpc) is 3.07. The molecule has 14 heteroatoms. The van der Waals surface area contributed by atoms with Crippen LogP contribution >= 0.6 is 0 Å². The van der Waals surface area contributed by atoms with Gasteiger partial charge in [-0.05, 0) is 99.8 Å². The Hall–Kier alpha value is -4.11. The number of halogens is 2. The Kier molecular flexibility index (Phi) is 13.1. The maximum Gasteiger partial charge on any atom is 0.323 e. The van der Waals surface area contributed by atoms with Crippen molar-refractivity contribution < 1.29 is 41.4 Å². The number of ether oxygens (including phenoxy) is 2. The summed E-state index contributed by atoms with van der Waals surface area (Å²) in [5, 5.41) is 15.5. The van der Waals surface area contributed by atoms with Crippen LogP contribution < -0.4 is 15.4 Å². The Morgan fingerprint density at radius 2 is 1.61 bits per heavy atom. The van der Waals surface area contributed by atoms with Crippen LogP contribution in [0, 0.1) is 17.6 Å². The van der Waals surface area contributed by atoms with Gasteiger partial charge in [-0.25, -0.2) is 22.0 Å². The van der Waals surface area contributed by atoms with E-state index in [1.807, 2.05) is 13.8 Å². The molecule has 0 bridgehead atoms. The van der Waals surface area contributed by atoms with E-state index in [4.69, 9.17) is 9.47 Å². The average molecular weight is 703 g/mol. The number of benzene rings is 3. The van der Waals surface area contributed by atoms with Gasteiger partial charge < -0.3 is 30.1 Å². The fraction of sp³-hybridized carbons (Fsp3) is 0.429. The number of rotatable bonds is 8. The number of nitrogens with zero attached hydrogens (tertiary/aromatic N) is 2. The third-order valence-corrected chi connectivity index (χ3v) is 10.2. The highest BCUT2D eigenvalue weighted by molar-refractivity contribution is 7.89. The summed E-state index contributed by atoms with van der Waals surface area (Å²) in [6, 6.07) is 13.3. The van der Waals surface area contributed by atoms with Crippen LogP contribution in [-0.2, 0) is 14.8 Å². The first-order chi connectivity index (χ1) is 23.3. The summed E-state index contributed by atoms with van der Waals surface area (Å²) >= 11 is 0. The number of fused-ring (bicyclic) bond motifs is 1. The molecular weight excluding hydrogens is 658 g/mol. The van der Waals surface area contributed by atoms with Crippen LogP contribution in [0.4, 0.5) is 25.0 Å². The quantitative estimate of drug-likeness (QED) is 0.273. The van der Waals surface area contributed by atoms with Gasteiger partial charge in [-0.15, -0.1) is 0 Å². The lowest BCUT2D eigenvalue weighted by Crippen LogP contribution is -2.48. The van der Waals surface area contributed by atoms with Crippen molar-refractivity contribution in [3.63, 3.8) is 0 Å². The summed E-state index contributed by atoms with van der Waals surface area (Å²) in [5.74, 6) is -1.57. The molecule has 4 atom stereocenters. The number of amides is 3. The summed E-state index contributed by atoms with van der Waals surface area (Å²) < 4.78 is 67.1. The van der Waals surface area contributed by atoms with Crippen molar-refractivity contribution in [3.8, 4) is 5.75 Å². The second kappa shape index (κ2) is 17.0.